The Morgan fingerprint density at radius 3 is 2.76 bits per heavy atom. The van der Waals surface area contributed by atoms with Crippen LogP contribution in [0.4, 0.5) is 0 Å². The van der Waals surface area contributed by atoms with Crippen LogP contribution in [0, 0.1) is 0 Å². The third kappa shape index (κ3) is 4.57. The van der Waals surface area contributed by atoms with Crippen LogP contribution in [-0.2, 0) is 16.6 Å². The van der Waals surface area contributed by atoms with E-state index in [0.29, 0.717) is 25.4 Å². The van der Waals surface area contributed by atoms with E-state index in [1.165, 1.54) is 12.4 Å². The summed E-state index contributed by atoms with van der Waals surface area (Å²) in [5.41, 5.74) is 1.00. The van der Waals surface area contributed by atoms with Gasteiger partial charge in [-0.05, 0) is 19.2 Å². The number of para-hydroxylation sites is 1. The summed E-state index contributed by atoms with van der Waals surface area (Å²) in [6, 6.07) is 6.62. The van der Waals surface area contributed by atoms with Crippen LogP contribution >= 0.6 is 0 Å². The van der Waals surface area contributed by atoms with E-state index in [0.717, 1.165) is 12.1 Å². The van der Waals surface area contributed by atoms with Crippen molar-refractivity contribution in [3.63, 3.8) is 0 Å². The Balaban J connectivity index is 1.63. The summed E-state index contributed by atoms with van der Waals surface area (Å²) in [5.74, 6) is 0.324. The molecule has 0 radical (unpaired) electrons. The molecule has 0 spiro atoms. The second-order valence-corrected chi connectivity index (χ2v) is 9.29. The lowest BCUT2D eigenvalue weighted by Crippen LogP contribution is -2.47. The van der Waals surface area contributed by atoms with E-state index in [1.807, 2.05) is 11.9 Å². The summed E-state index contributed by atoms with van der Waals surface area (Å²) in [7, 11) is -1.85. The zero-order valence-electron chi connectivity index (χ0n) is 16.2. The van der Waals surface area contributed by atoms with Gasteiger partial charge in [0.25, 0.3) is 0 Å². The molecule has 10 heteroatoms. The topological polar surface area (TPSA) is 108 Å². The van der Waals surface area contributed by atoms with Gasteiger partial charge >= 0.3 is 0 Å². The summed E-state index contributed by atoms with van der Waals surface area (Å²) in [4.78, 5) is 12.5. The molecule has 0 unspecified atom stereocenters. The van der Waals surface area contributed by atoms with Crippen LogP contribution in [0.25, 0.3) is 0 Å². The molecule has 2 aliphatic heterocycles. The quantitative estimate of drug-likeness (QED) is 0.683. The van der Waals surface area contributed by atoms with Crippen molar-refractivity contribution in [2.75, 3.05) is 33.2 Å². The Kier molecular flexibility index (Phi) is 5.79. The highest BCUT2D eigenvalue weighted by Crippen LogP contribution is 2.29. The fourth-order valence-electron chi connectivity index (χ4n) is 3.92. The predicted octanol–water partition coefficient (Wildman–Crippen LogP) is -0.307. The first-order chi connectivity index (χ1) is 13.9. The first-order valence-corrected chi connectivity index (χ1v) is 11.0. The predicted molar refractivity (Wildman–Crippen MR) is 106 cm³/mol. The minimum atomic E-state index is -3.78. The van der Waals surface area contributed by atoms with E-state index in [9.17, 15) is 13.5 Å². The fraction of sp³-hybridized carbons (Fsp3) is 0.474. The van der Waals surface area contributed by atoms with Gasteiger partial charge in [0.2, 0.25) is 10.0 Å². The molecule has 0 saturated carbocycles. The first kappa shape index (κ1) is 20.2. The average Bonchev–Trinajstić information content (AvgIpc) is 3.09. The molecule has 0 aliphatic carbocycles. The molecular formula is C19H25N5O4S. The number of rotatable bonds is 2. The number of sulfonamides is 1. The SMILES string of the molecule is CN1C[C@@H](O)CNS(=O)(=O)c2ccccc2O[C@H]2CN(Cc3cncnc3)C[C@H]21. The zero-order valence-corrected chi connectivity index (χ0v) is 17.0. The number of aliphatic hydroxyl groups is 1. The van der Waals surface area contributed by atoms with E-state index in [1.54, 1.807) is 30.6 Å². The smallest absolute Gasteiger partial charge is 0.244 e. The first-order valence-electron chi connectivity index (χ1n) is 9.52. The summed E-state index contributed by atoms with van der Waals surface area (Å²) >= 11 is 0. The van der Waals surface area contributed by atoms with Crippen molar-refractivity contribution in [3.8, 4) is 5.75 Å². The van der Waals surface area contributed by atoms with Gasteiger partial charge in [0, 0.05) is 50.7 Å². The molecule has 2 N–H and O–H groups in total. The number of hydrogen-bond acceptors (Lipinski definition) is 8. The summed E-state index contributed by atoms with van der Waals surface area (Å²) in [5, 5.41) is 10.4. The highest BCUT2D eigenvalue weighted by atomic mass is 32.2. The van der Waals surface area contributed by atoms with Crippen LogP contribution in [0.1, 0.15) is 5.56 Å². The normalized spacial score (nSPS) is 28.0. The van der Waals surface area contributed by atoms with E-state index in [4.69, 9.17) is 4.74 Å². The number of aliphatic hydroxyl groups excluding tert-OH is 1. The number of nitrogens with zero attached hydrogens (tertiary/aromatic N) is 4. The van der Waals surface area contributed by atoms with Crippen LogP contribution in [0.15, 0.2) is 47.9 Å². The molecule has 1 aromatic carbocycles. The highest BCUT2D eigenvalue weighted by Gasteiger charge is 2.39. The van der Waals surface area contributed by atoms with Gasteiger partial charge < -0.3 is 9.84 Å². The highest BCUT2D eigenvalue weighted by molar-refractivity contribution is 7.89. The van der Waals surface area contributed by atoms with Crippen LogP contribution in [0.2, 0.25) is 0 Å². The summed E-state index contributed by atoms with van der Waals surface area (Å²) < 4.78 is 34.1. The number of hydrogen-bond donors (Lipinski definition) is 2. The largest absolute Gasteiger partial charge is 0.486 e. The number of benzene rings is 1. The molecule has 4 rings (SSSR count). The van der Waals surface area contributed by atoms with Gasteiger partial charge in [-0.2, -0.15) is 0 Å². The molecule has 3 heterocycles. The molecule has 2 aliphatic rings. The molecule has 156 valence electrons. The minimum absolute atomic E-state index is 0.00291. The van der Waals surface area contributed by atoms with Crippen LogP contribution in [-0.4, -0.2) is 84.8 Å². The average molecular weight is 420 g/mol. The Morgan fingerprint density at radius 1 is 1.21 bits per heavy atom. The number of likely N-dealkylation sites (tertiary alicyclic amines) is 1. The molecule has 0 amide bonds. The third-order valence-electron chi connectivity index (χ3n) is 5.32. The van der Waals surface area contributed by atoms with Gasteiger partial charge in [-0.3, -0.25) is 9.80 Å². The van der Waals surface area contributed by atoms with Crippen molar-refractivity contribution < 1.29 is 18.3 Å². The second kappa shape index (κ2) is 8.33. The molecule has 1 saturated heterocycles. The van der Waals surface area contributed by atoms with Gasteiger partial charge in [0.05, 0.1) is 12.1 Å². The molecule has 1 aromatic heterocycles. The maximum absolute atomic E-state index is 12.7. The van der Waals surface area contributed by atoms with Crippen molar-refractivity contribution in [1.82, 2.24) is 24.5 Å². The van der Waals surface area contributed by atoms with Crippen molar-refractivity contribution in [1.29, 1.82) is 0 Å². The second-order valence-electron chi connectivity index (χ2n) is 7.56. The molecule has 2 aromatic rings. The fourth-order valence-corrected chi connectivity index (χ4v) is 5.13. The standard InChI is InChI=1S/C19H25N5O4S/c1-23-10-15(25)8-22-29(26,27)19-5-3-2-4-17(19)28-18-12-24(11-16(18)23)9-14-6-20-13-21-7-14/h2-7,13,15-16,18,22,25H,8-12H2,1H3/t15-,16+,18-/m0/s1. The van der Waals surface area contributed by atoms with Gasteiger partial charge in [-0.1, -0.05) is 12.1 Å². The van der Waals surface area contributed by atoms with Crippen molar-refractivity contribution in [2.45, 2.75) is 29.7 Å². The van der Waals surface area contributed by atoms with Gasteiger partial charge in [-0.15, -0.1) is 0 Å². The number of ether oxygens (including phenoxy) is 1. The molecule has 29 heavy (non-hydrogen) atoms. The maximum Gasteiger partial charge on any atom is 0.244 e. The lowest BCUT2D eigenvalue weighted by molar-refractivity contribution is 0.0713. The number of fused-ring (bicyclic) bond motifs is 2. The van der Waals surface area contributed by atoms with Crippen molar-refractivity contribution in [3.05, 3.63) is 48.5 Å². The molecule has 3 atom stereocenters. The van der Waals surface area contributed by atoms with E-state index >= 15 is 0 Å². The molecule has 9 nitrogen and oxygen atoms in total. The minimum Gasteiger partial charge on any atom is -0.486 e. The molecule has 1 fully saturated rings. The van der Waals surface area contributed by atoms with Crippen LogP contribution < -0.4 is 9.46 Å². The van der Waals surface area contributed by atoms with Gasteiger partial charge in [0.1, 0.15) is 23.1 Å². The van der Waals surface area contributed by atoms with Gasteiger partial charge in [0.15, 0.2) is 0 Å². The third-order valence-corrected chi connectivity index (χ3v) is 6.79. The summed E-state index contributed by atoms with van der Waals surface area (Å²) in [6.45, 7) is 2.32. The number of nitrogens with one attached hydrogen (secondary N) is 1. The van der Waals surface area contributed by atoms with E-state index in [-0.39, 0.29) is 23.6 Å². The van der Waals surface area contributed by atoms with Crippen LogP contribution in [0.5, 0.6) is 5.75 Å². The maximum atomic E-state index is 12.7. The van der Waals surface area contributed by atoms with Crippen LogP contribution in [0.3, 0.4) is 0 Å². The Labute approximate surface area is 170 Å². The van der Waals surface area contributed by atoms with E-state index in [2.05, 4.69) is 19.6 Å². The monoisotopic (exact) mass is 419 g/mol. The summed E-state index contributed by atoms with van der Waals surface area (Å²) in [6.07, 6.45) is 4.01. The van der Waals surface area contributed by atoms with Crippen molar-refractivity contribution >= 4 is 10.0 Å². The van der Waals surface area contributed by atoms with Gasteiger partial charge in [-0.25, -0.2) is 23.1 Å². The molecular weight excluding hydrogens is 394 g/mol. The Bertz CT molecular complexity index is 943. The number of likely N-dealkylation sites (N-methyl/N-ethyl adjacent to an activating group) is 1. The van der Waals surface area contributed by atoms with Crippen molar-refractivity contribution in [2.24, 2.45) is 0 Å². The number of aromatic nitrogens is 2. The van der Waals surface area contributed by atoms with E-state index < -0.39 is 16.1 Å². The number of β-amino-alcohol motifs (C(OH)–C–C–N with tert-alkyl or cyclic N) is 1. The molecule has 0 bridgehead atoms. The lowest BCUT2D eigenvalue weighted by atomic mass is 10.1. The zero-order chi connectivity index (χ0) is 20.4. The Morgan fingerprint density at radius 2 is 1.97 bits per heavy atom. The Hall–Kier alpha value is -2.11. The lowest BCUT2D eigenvalue weighted by Gasteiger charge is -2.30.